The van der Waals surface area contributed by atoms with Crippen molar-refractivity contribution in [3.8, 4) is 6.07 Å². The Morgan fingerprint density at radius 2 is 1.84 bits per heavy atom. The first-order valence-corrected chi connectivity index (χ1v) is 10.5. The standard InChI is InChI=1S/C24H21ClN4O3/c1-24(2)11-19-22(20(30)12-24)21(16-5-3-4-6-18(16)25)17(13-26)23(27)28(19)14-7-9-15(10-8-14)29(31)32/h3-10,21H,11-12,27H2,1-2H3/t21-/m0/s1. The van der Waals surface area contributed by atoms with E-state index in [1.807, 2.05) is 19.9 Å². The lowest BCUT2D eigenvalue weighted by Gasteiger charge is -2.43. The van der Waals surface area contributed by atoms with Gasteiger partial charge in [-0.05, 0) is 35.6 Å². The van der Waals surface area contributed by atoms with Crippen LogP contribution in [0.3, 0.4) is 0 Å². The number of rotatable bonds is 3. The van der Waals surface area contributed by atoms with Crippen LogP contribution in [0.15, 0.2) is 71.2 Å². The number of hydrogen-bond donors (Lipinski definition) is 1. The molecule has 0 unspecified atom stereocenters. The van der Waals surface area contributed by atoms with E-state index in [1.165, 1.54) is 12.1 Å². The number of non-ortho nitro benzene ring substituents is 1. The maximum absolute atomic E-state index is 13.4. The summed E-state index contributed by atoms with van der Waals surface area (Å²) in [5.41, 5.74) is 8.80. The number of nitrogens with two attached hydrogens (primary N) is 1. The molecule has 2 aromatic carbocycles. The van der Waals surface area contributed by atoms with Crippen LogP contribution < -0.4 is 10.6 Å². The van der Waals surface area contributed by atoms with Gasteiger partial charge in [0, 0.05) is 40.5 Å². The van der Waals surface area contributed by atoms with Crippen molar-refractivity contribution < 1.29 is 9.72 Å². The molecule has 0 radical (unpaired) electrons. The molecular weight excluding hydrogens is 428 g/mol. The number of benzene rings is 2. The summed E-state index contributed by atoms with van der Waals surface area (Å²) in [6.45, 7) is 4.01. The number of halogens is 1. The summed E-state index contributed by atoms with van der Waals surface area (Å²) < 4.78 is 0. The number of Topliss-reactive ketones (excluding diaryl/α,β-unsaturated/α-hetero) is 1. The molecule has 1 aliphatic carbocycles. The van der Waals surface area contributed by atoms with E-state index in [9.17, 15) is 20.2 Å². The summed E-state index contributed by atoms with van der Waals surface area (Å²) in [6.07, 6.45) is 0.880. The molecule has 1 aliphatic heterocycles. The number of anilines is 1. The van der Waals surface area contributed by atoms with Crippen molar-refractivity contribution in [3.63, 3.8) is 0 Å². The Hall–Kier alpha value is -3.63. The van der Waals surface area contributed by atoms with E-state index in [0.29, 0.717) is 40.4 Å². The van der Waals surface area contributed by atoms with E-state index in [0.717, 1.165) is 0 Å². The highest BCUT2D eigenvalue weighted by molar-refractivity contribution is 6.31. The Balaban J connectivity index is 1.98. The van der Waals surface area contributed by atoms with Crippen LogP contribution in [0.2, 0.25) is 5.02 Å². The second-order valence-corrected chi connectivity index (χ2v) is 9.18. The number of carbonyl (C=O) groups is 1. The van der Waals surface area contributed by atoms with E-state index in [4.69, 9.17) is 17.3 Å². The summed E-state index contributed by atoms with van der Waals surface area (Å²) in [5.74, 6) is -0.537. The Labute approximate surface area is 190 Å². The van der Waals surface area contributed by atoms with Crippen molar-refractivity contribution in [1.29, 1.82) is 5.26 Å². The predicted molar refractivity (Wildman–Crippen MR) is 122 cm³/mol. The Kier molecular flexibility index (Phi) is 5.27. The van der Waals surface area contributed by atoms with Crippen LogP contribution >= 0.6 is 11.6 Å². The van der Waals surface area contributed by atoms with E-state index in [2.05, 4.69) is 6.07 Å². The average Bonchev–Trinajstić information content (AvgIpc) is 2.73. The molecule has 0 amide bonds. The molecule has 7 nitrogen and oxygen atoms in total. The molecule has 8 heteroatoms. The first kappa shape index (κ1) is 21.6. The molecule has 1 heterocycles. The van der Waals surface area contributed by atoms with Crippen molar-refractivity contribution in [2.24, 2.45) is 11.1 Å². The largest absolute Gasteiger partial charge is 0.384 e. The first-order valence-electron chi connectivity index (χ1n) is 10.1. The second-order valence-electron chi connectivity index (χ2n) is 8.78. The van der Waals surface area contributed by atoms with Crippen LogP contribution in [0.4, 0.5) is 11.4 Å². The molecule has 2 N–H and O–H groups in total. The van der Waals surface area contributed by atoms with Crippen LogP contribution in [-0.2, 0) is 4.79 Å². The van der Waals surface area contributed by atoms with Crippen LogP contribution in [-0.4, -0.2) is 10.7 Å². The van der Waals surface area contributed by atoms with E-state index in [1.54, 1.807) is 35.2 Å². The van der Waals surface area contributed by atoms with Crippen molar-refractivity contribution in [2.45, 2.75) is 32.6 Å². The van der Waals surface area contributed by atoms with Gasteiger partial charge in [0.2, 0.25) is 0 Å². The summed E-state index contributed by atoms with van der Waals surface area (Å²) in [5, 5.41) is 21.6. The van der Waals surface area contributed by atoms with Gasteiger partial charge in [-0.25, -0.2) is 0 Å². The fourth-order valence-corrected chi connectivity index (χ4v) is 4.79. The van der Waals surface area contributed by atoms with Crippen molar-refractivity contribution in [3.05, 3.63) is 91.9 Å². The minimum atomic E-state index is -0.665. The molecule has 32 heavy (non-hydrogen) atoms. The number of hydrogen-bond acceptors (Lipinski definition) is 6. The highest BCUT2D eigenvalue weighted by atomic mass is 35.5. The third-order valence-corrected chi connectivity index (χ3v) is 6.26. The van der Waals surface area contributed by atoms with Gasteiger partial charge < -0.3 is 5.73 Å². The summed E-state index contributed by atoms with van der Waals surface area (Å²) in [4.78, 5) is 25.7. The summed E-state index contributed by atoms with van der Waals surface area (Å²) in [6, 6.07) is 15.2. The molecule has 4 rings (SSSR count). The van der Waals surface area contributed by atoms with Crippen LogP contribution in [0.5, 0.6) is 0 Å². The molecule has 0 bridgehead atoms. The lowest BCUT2D eigenvalue weighted by atomic mass is 9.68. The summed E-state index contributed by atoms with van der Waals surface area (Å²) in [7, 11) is 0. The van der Waals surface area contributed by atoms with Gasteiger partial charge in [0.1, 0.15) is 5.82 Å². The van der Waals surface area contributed by atoms with Crippen LogP contribution in [0, 0.1) is 26.9 Å². The molecular formula is C24H21ClN4O3. The van der Waals surface area contributed by atoms with Crippen LogP contribution in [0.1, 0.15) is 38.2 Å². The zero-order valence-electron chi connectivity index (χ0n) is 17.6. The van der Waals surface area contributed by atoms with Gasteiger partial charge in [-0.15, -0.1) is 0 Å². The van der Waals surface area contributed by atoms with Gasteiger partial charge in [-0.3, -0.25) is 19.8 Å². The zero-order valence-corrected chi connectivity index (χ0v) is 18.4. The maximum Gasteiger partial charge on any atom is 0.269 e. The molecule has 0 saturated heterocycles. The van der Waals surface area contributed by atoms with Crippen LogP contribution in [0.25, 0.3) is 0 Å². The van der Waals surface area contributed by atoms with E-state index < -0.39 is 10.8 Å². The second kappa shape index (κ2) is 7.81. The monoisotopic (exact) mass is 448 g/mol. The Morgan fingerprint density at radius 3 is 2.44 bits per heavy atom. The summed E-state index contributed by atoms with van der Waals surface area (Å²) >= 11 is 6.48. The number of carbonyl (C=O) groups excluding carboxylic acids is 1. The highest BCUT2D eigenvalue weighted by Gasteiger charge is 2.45. The fraction of sp³-hybridized carbons (Fsp3) is 0.250. The highest BCUT2D eigenvalue weighted by Crippen LogP contribution is 2.51. The number of nitro benzene ring substituents is 1. The van der Waals surface area contributed by atoms with Gasteiger partial charge >= 0.3 is 0 Å². The minimum Gasteiger partial charge on any atom is -0.384 e. The SMILES string of the molecule is CC1(C)CC(=O)C2=C(C1)N(c1ccc([N+](=O)[O-])cc1)C(N)=C(C#N)[C@@H]2c1ccccc1Cl. The minimum absolute atomic E-state index is 0.0583. The third kappa shape index (κ3) is 3.53. The van der Waals surface area contributed by atoms with Gasteiger partial charge in [0.15, 0.2) is 5.78 Å². The van der Waals surface area contributed by atoms with Crippen molar-refractivity contribution in [1.82, 2.24) is 0 Å². The third-order valence-electron chi connectivity index (χ3n) is 5.92. The smallest absolute Gasteiger partial charge is 0.269 e. The number of nitrogens with zero attached hydrogens (tertiary/aromatic N) is 3. The molecule has 0 aromatic heterocycles. The Bertz CT molecular complexity index is 1240. The maximum atomic E-state index is 13.4. The van der Waals surface area contributed by atoms with Gasteiger partial charge in [0.05, 0.1) is 22.5 Å². The topological polar surface area (TPSA) is 113 Å². The van der Waals surface area contributed by atoms with Crippen molar-refractivity contribution in [2.75, 3.05) is 4.90 Å². The molecule has 0 saturated carbocycles. The quantitative estimate of drug-likeness (QED) is 0.510. The lowest BCUT2D eigenvalue weighted by molar-refractivity contribution is -0.384. The fourth-order valence-electron chi connectivity index (χ4n) is 4.55. The van der Waals surface area contributed by atoms with Crippen molar-refractivity contribution >= 4 is 28.8 Å². The predicted octanol–water partition coefficient (Wildman–Crippen LogP) is 5.19. The molecule has 162 valence electrons. The Morgan fingerprint density at radius 1 is 1.19 bits per heavy atom. The van der Waals surface area contributed by atoms with Gasteiger partial charge in [-0.1, -0.05) is 43.6 Å². The number of nitro groups is 1. The van der Waals surface area contributed by atoms with Gasteiger partial charge in [-0.2, -0.15) is 5.26 Å². The first-order chi connectivity index (χ1) is 15.1. The van der Waals surface area contributed by atoms with E-state index >= 15 is 0 Å². The molecule has 1 atom stereocenters. The number of nitriles is 1. The van der Waals surface area contributed by atoms with Gasteiger partial charge in [0.25, 0.3) is 5.69 Å². The van der Waals surface area contributed by atoms with E-state index in [-0.39, 0.29) is 28.3 Å². The lowest BCUT2D eigenvalue weighted by Crippen LogP contribution is -2.42. The average molecular weight is 449 g/mol. The number of allylic oxidation sites excluding steroid dienone is 3. The zero-order chi connectivity index (χ0) is 23.2. The molecule has 0 fully saturated rings. The molecule has 0 spiro atoms. The number of ketones is 1. The molecule has 2 aliphatic rings. The molecule has 2 aromatic rings. The normalized spacial score (nSPS) is 20.1.